The van der Waals surface area contributed by atoms with Crippen LogP contribution in [-0.2, 0) is 14.8 Å². The molecule has 2 heterocycles. The molecule has 2 aliphatic heterocycles. The number of carbonyl (C=O) groups excluding carboxylic acids is 1. The van der Waals surface area contributed by atoms with Gasteiger partial charge in [0.2, 0.25) is 0 Å². The van der Waals surface area contributed by atoms with Crippen molar-refractivity contribution in [1.82, 2.24) is 4.41 Å². The second-order valence-electron chi connectivity index (χ2n) is 10.1. The van der Waals surface area contributed by atoms with Gasteiger partial charge in [0.05, 0.1) is 21.5 Å². The van der Waals surface area contributed by atoms with E-state index in [0.717, 1.165) is 48.7 Å². The largest absolute Gasteiger partial charge is 0.384 e. The zero-order valence-corrected chi connectivity index (χ0v) is 24.6. The van der Waals surface area contributed by atoms with Gasteiger partial charge in [0.15, 0.2) is 5.03 Å². The number of amides is 1. The number of hydrazine groups is 1. The number of anilines is 2. The molecular weight excluding hydrogens is 576 g/mol. The third kappa shape index (κ3) is 6.77. The van der Waals surface area contributed by atoms with E-state index >= 15 is 0 Å². The second-order valence-corrected chi connectivity index (χ2v) is 13.0. The molecule has 1 spiro atoms. The van der Waals surface area contributed by atoms with Crippen molar-refractivity contribution in [2.45, 2.75) is 34.7 Å². The molecule has 0 radical (unpaired) electrons. The number of carbonyl (C=O) groups is 1. The lowest BCUT2D eigenvalue weighted by Gasteiger charge is -2.43. The first-order valence-electron chi connectivity index (χ1n) is 13.7. The van der Waals surface area contributed by atoms with Gasteiger partial charge in [-0.2, -0.15) is 8.42 Å². The van der Waals surface area contributed by atoms with Crippen LogP contribution in [0.5, 0.6) is 0 Å². The van der Waals surface area contributed by atoms with Gasteiger partial charge in [-0.3, -0.25) is 4.79 Å². The van der Waals surface area contributed by atoms with Crippen molar-refractivity contribution in [3.8, 4) is 0 Å². The number of nitro groups is 1. The molecule has 0 aliphatic carbocycles. The van der Waals surface area contributed by atoms with Crippen molar-refractivity contribution in [3.63, 3.8) is 0 Å². The molecule has 0 unspecified atom stereocenters. The normalized spacial score (nSPS) is 16.2. The summed E-state index contributed by atoms with van der Waals surface area (Å²) < 4.78 is 32.1. The quantitative estimate of drug-likeness (QED) is 0.108. The van der Waals surface area contributed by atoms with E-state index in [9.17, 15) is 23.3 Å². The van der Waals surface area contributed by atoms with E-state index in [1.54, 1.807) is 23.9 Å². The maximum atomic E-state index is 13.2. The molecule has 10 nitrogen and oxygen atoms in total. The van der Waals surface area contributed by atoms with Crippen LogP contribution >= 0.6 is 11.8 Å². The number of nitrogens with one attached hydrogen (secondary N) is 1. The number of rotatable bonds is 10. The molecule has 0 atom stereocenters. The molecule has 0 bridgehead atoms. The number of benzene rings is 3. The zero-order chi connectivity index (χ0) is 29.6. The Morgan fingerprint density at radius 3 is 2.31 bits per heavy atom. The fourth-order valence-corrected chi connectivity index (χ4v) is 7.06. The fourth-order valence-electron chi connectivity index (χ4n) is 5.09. The monoisotopic (exact) mass is 608 g/mol. The van der Waals surface area contributed by atoms with Crippen LogP contribution in [-0.4, -0.2) is 61.4 Å². The maximum absolute atomic E-state index is 13.2. The molecular formula is C30H32N4O6S2. The molecule has 3 aromatic rings. The summed E-state index contributed by atoms with van der Waals surface area (Å²) in [6.07, 6.45) is 6.82. The van der Waals surface area contributed by atoms with Gasteiger partial charge in [0.1, 0.15) is 0 Å². The van der Waals surface area contributed by atoms with Gasteiger partial charge in [0.25, 0.3) is 0 Å². The van der Waals surface area contributed by atoms with Crippen LogP contribution in [0.3, 0.4) is 0 Å². The van der Waals surface area contributed by atoms with Crippen molar-refractivity contribution in [1.29, 1.82) is 0 Å². The molecule has 0 saturated carbocycles. The average molecular weight is 609 g/mol. The van der Waals surface area contributed by atoms with Gasteiger partial charge in [0, 0.05) is 47.2 Å². The Hall–Kier alpha value is -3.87. The van der Waals surface area contributed by atoms with Gasteiger partial charge < -0.3 is 15.0 Å². The number of nitrogens with zero attached hydrogens (tertiary/aromatic N) is 3. The summed E-state index contributed by atoms with van der Waals surface area (Å²) in [6, 6.07) is 21.7. The van der Waals surface area contributed by atoms with E-state index < -0.39 is 21.0 Å². The van der Waals surface area contributed by atoms with E-state index in [-0.39, 0.29) is 20.5 Å². The number of thioether (sulfide) groups is 1. The third-order valence-corrected chi connectivity index (χ3v) is 10.1. The highest BCUT2D eigenvalue weighted by Gasteiger charge is 2.41. The first-order chi connectivity index (χ1) is 20.3. The SMILES string of the molecule is O=C(c1ccc(N2CCC3(CC=CCO3)CC2)cc1)N([N+](=O)[O-])S(=O)(=O)c1ccc(NCCSc2ccccc2)cc1. The van der Waals surface area contributed by atoms with E-state index in [2.05, 4.69) is 16.3 Å². The van der Waals surface area contributed by atoms with Gasteiger partial charge >= 0.3 is 15.9 Å². The van der Waals surface area contributed by atoms with Crippen LogP contribution in [0.15, 0.2) is 101 Å². The molecule has 0 aromatic heterocycles. The van der Waals surface area contributed by atoms with Crippen LogP contribution in [0.2, 0.25) is 0 Å². The third-order valence-electron chi connectivity index (χ3n) is 7.44. The van der Waals surface area contributed by atoms with E-state index in [1.807, 2.05) is 36.4 Å². The topological polar surface area (TPSA) is 122 Å². The summed E-state index contributed by atoms with van der Waals surface area (Å²) >= 11 is 1.68. The second kappa shape index (κ2) is 13.0. The molecule has 12 heteroatoms. The lowest BCUT2D eigenvalue weighted by Crippen LogP contribution is -2.47. The predicted octanol–water partition coefficient (Wildman–Crippen LogP) is 5.23. The highest BCUT2D eigenvalue weighted by molar-refractivity contribution is 7.99. The molecule has 5 rings (SSSR count). The zero-order valence-electron chi connectivity index (χ0n) is 22.9. The first-order valence-corrected chi connectivity index (χ1v) is 16.1. The van der Waals surface area contributed by atoms with Gasteiger partial charge in [-0.05, 0) is 79.9 Å². The summed E-state index contributed by atoms with van der Waals surface area (Å²) in [4.78, 5) is 27.9. The summed E-state index contributed by atoms with van der Waals surface area (Å²) in [7, 11) is -4.75. The molecule has 1 saturated heterocycles. The van der Waals surface area contributed by atoms with Crippen LogP contribution in [0, 0.1) is 10.1 Å². The Kier molecular flexibility index (Phi) is 9.15. The summed E-state index contributed by atoms with van der Waals surface area (Å²) in [5.74, 6) is -0.441. The van der Waals surface area contributed by atoms with Crippen molar-refractivity contribution in [2.24, 2.45) is 0 Å². The Bertz CT molecular complexity index is 1520. The molecule has 1 N–H and O–H groups in total. The summed E-state index contributed by atoms with van der Waals surface area (Å²) in [5.41, 5.74) is 1.29. The number of hydrogen-bond acceptors (Lipinski definition) is 9. The van der Waals surface area contributed by atoms with E-state index in [4.69, 9.17) is 4.74 Å². The molecule has 42 heavy (non-hydrogen) atoms. The molecule has 1 fully saturated rings. The van der Waals surface area contributed by atoms with Crippen LogP contribution < -0.4 is 10.2 Å². The first kappa shape index (κ1) is 29.6. The minimum Gasteiger partial charge on any atom is -0.384 e. The molecule has 2 aliphatic rings. The Labute approximate surface area is 249 Å². The van der Waals surface area contributed by atoms with Crippen molar-refractivity contribution in [3.05, 3.63) is 107 Å². The Balaban J connectivity index is 1.20. The minimum absolute atomic E-state index is 0.0949. The number of piperidine rings is 1. The molecule has 1 amide bonds. The van der Waals surface area contributed by atoms with Gasteiger partial charge in [-0.1, -0.05) is 30.4 Å². The fraction of sp³-hybridized carbons (Fsp3) is 0.300. The highest BCUT2D eigenvalue weighted by Crippen LogP contribution is 2.34. The van der Waals surface area contributed by atoms with Crippen LogP contribution in [0.4, 0.5) is 11.4 Å². The van der Waals surface area contributed by atoms with E-state index in [1.165, 1.54) is 36.4 Å². The minimum atomic E-state index is -4.75. The van der Waals surface area contributed by atoms with Crippen molar-refractivity contribution < 1.29 is 23.0 Å². The molecule has 3 aromatic carbocycles. The standard InChI is InChI=1S/C30H32N4O6S2/c35-29(24-8-12-26(13-9-24)32-20-17-30(18-21-32)16-4-5-22-40-30)33(34(36)37)42(38,39)28-14-10-25(11-15-28)31-19-23-41-27-6-2-1-3-7-27/h1-15,31H,16-23H2. The van der Waals surface area contributed by atoms with Crippen LogP contribution in [0.1, 0.15) is 29.6 Å². The summed E-state index contributed by atoms with van der Waals surface area (Å²) in [5, 5.41) is 13.9. The summed E-state index contributed by atoms with van der Waals surface area (Å²) in [6.45, 7) is 2.80. The van der Waals surface area contributed by atoms with Crippen molar-refractivity contribution >= 4 is 39.1 Å². The Morgan fingerprint density at radius 2 is 1.69 bits per heavy atom. The predicted molar refractivity (Wildman–Crippen MR) is 163 cm³/mol. The molecule has 220 valence electrons. The number of hydrogen-bond donors (Lipinski definition) is 1. The smallest absolute Gasteiger partial charge is 0.333 e. The number of sulfonamides is 1. The average Bonchev–Trinajstić information content (AvgIpc) is 3.01. The van der Waals surface area contributed by atoms with Crippen LogP contribution in [0.25, 0.3) is 0 Å². The Morgan fingerprint density at radius 1 is 1.00 bits per heavy atom. The lowest BCUT2D eigenvalue weighted by molar-refractivity contribution is -0.598. The number of ether oxygens (including phenoxy) is 1. The maximum Gasteiger partial charge on any atom is 0.333 e. The van der Waals surface area contributed by atoms with E-state index in [0.29, 0.717) is 18.8 Å². The lowest BCUT2D eigenvalue weighted by atomic mass is 9.86. The van der Waals surface area contributed by atoms with Crippen molar-refractivity contribution in [2.75, 3.05) is 42.2 Å². The highest BCUT2D eigenvalue weighted by atomic mass is 32.2. The van der Waals surface area contributed by atoms with Gasteiger partial charge in [-0.15, -0.1) is 11.8 Å². The van der Waals surface area contributed by atoms with Gasteiger partial charge in [-0.25, -0.2) is 10.1 Å².